The minimum atomic E-state index is -0.232. The second kappa shape index (κ2) is 10.6. The Morgan fingerprint density at radius 1 is 0.889 bits per heavy atom. The first-order valence-corrected chi connectivity index (χ1v) is 12.7. The van der Waals surface area contributed by atoms with E-state index in [9.17, 15) is 9.59 Å². The van der Waals surface area contributed by atoms with Crippen molar-refractivity contribution in [3.63, 3.8) is 0 Å². The van der Waals surface area contributed by atoms with Gasteiger partial charge in [-0.3, -0.25) is 9.59 Å². The van der Waals surface area contributed by atoms with E-state index in [1.165, 1.54) is 5.69 Å². The molecule has 2 saturated heterocycles. The van der Waals surface area contributed by atoms with Crippen molar-refractivity contribution in [2.75, 3.05) is 63.6 Å². The van der Waals surface area contributed by atoms with Crippen LogP contribution in [0.25, 0.3) is 10.8 Å². The summed E-state index contributed by atoms with van der Waals surface area (Å²) in [5.41, 5.74) is 2.62. The highest BCUT2D eigenvalue weighted by molar-refractivity contribution is 6.08. The molecule has 188 valence electrons. The van der Waals surface area contributed by atoms with Gasteiger partial charge in [0, 0.05) is 61.6 Å². The largest absolute Gasteiger partial charge is 0.496 e. The van der Waals surface area contributed by atoms with Crippen molar-refractivity contribution in [1.29, 1.82) is 0 Å². The Morgan fingerprint density at radius 2 is 1.61 bits per heavy atom. The van der Waals surface area contributed by atoms with Gasteiger partial charge < -0.3 is 24.8 Å². The third-order valence-electron chi connectivity index (χ3n) is 7.42. The van der Waals surface area contributed by atoms with Gasteiger partial charge in [-0.15, -0.1) is 0 Å². The average Bonchev–Trinajstić information content (AvgIpc) is 2.93. The second-order valence-corrected chi connectivity index (χ2v) is 9.78. The molecule has 2 amide bonds. The normalized spacial score (nSPS) is 18.8. The minimum absolute atomic E-state index is 0.0283. The standard InChI is InChI=1S/C29H34N4O3/c1-31-16-18-32(19-17-31)23-11-9-22(10-12-23)30-28(34)21-6-5-15-33(20-21)29(35)26-13-14-27(36-2)25-8-4-3-7-24(25)26/h3-4,7-14,21H,5-6,15-20H2,1-2H3,(H,30,34). The molecule has 7 heteroatoms. The maximum absolute atomic E-state index is 13.5. The number of ether oxygens (including phenoxy) is 1. The molecular formula is C29H34N4O3. The number of nitrogens with zero attached hydrogens (tertiary/aromatic N) is 3. The summed E-state index contributed by atoms with van der Waals surface area (Å²) in [6, 6.07) is 19.6. The molecule has 0 aromatic heterocycles. The molecule has 2 fully saturated rings. The summed E-state index contributed by atoms with van der Waals surface area (Å²) in [4.78, 5) is 33.1. The van der Waals surface area contributed by atoms with Crippen LogP contribution in [0.5, 0.6) is 5.75 Å². The maximum Gasteiger partial charge on any atom is 0.254 e. The van der Waals surface area contributed by atoms with Crippen LogP contribution < -0.4 is 15.0 Å². The lowest BCUT2D eigenvalue weighted by molar-refractivity contribution is -0.121. The predicted molar refractivity (Wildman–Crippen MR) is 144 cm³/mol. The van der Waals surface area contributed by atoms with Crippen LogP contribution >= 0.6 is 0 Å². The molecular weight excluding hydrogens is 452 g/mol. The zero-order valence-corrected chi connectivity index (χ0v) is 21.1. The molecule has 0 spiro atoms. The molecule has 2 aliphatic rings. The SMILES string of the molecule is COc1ccc(C(=O)N2CCCC(C(=O)Nc3ccc(N4CCN(C)CC4)cc3)C2)c2ccccc12. The molecule has 5 rings (SSSR count). The van der Waals surface area contributed by atoms with Gasteiger partial charge >= 0.3 is 0 Å². The highest BCUT2D eigenvalue weighted by Gasteiger charge is 2.30. The van der Waals surface area contributed by atoms with Crippen LogP contribution in [0.2, 0.25) is 0 Å². The van der Waals surface area contributed by atoms with Crippen molar-refractivity contribution in [3.8, 4) is 5.75 Å². The highest BCUT2D eigenvalue weighted by Crippen LogP contribution is 2.30. The molecule has 2 heterocycles. The first-order valence-electron chi connectivity index (χ1n) is 12.7. The highest BCUT2D eigenvalue weighted by atomic mass is 16.5. The Hall–Kier alpha value is -3.58. The molecule has 0 radical (unpaired) electrons. The van der Waals surface area contributed by atoms with E-state index in [1.54, 1.807) is 7.11 Å². The molecule has 0 bridgehead atoms. The van der Waals surface area contributed by atoms with E-state index in [2.05, 4.69) is 34.3 Å². The molecule has 1 N–H and O–H groups in total. The number of methoxy groups -OCH3 is 1. The monoisotopic (exact) mass is 486 g/mol. The van der Waals surface area contributed by atoms with Crippen molar-refractivity contribution < 1.29 is 14.3 Å². The summed E-state index contributed by atoms with van der Waals surface area (Å²) in [6.45, 7) is 5.21. The summed E-state index contributed by atoms with van der Waals surface area (Å²) in [5.74, 6) is 0.448. The Balaban J connectivity index is 1.24. The van der Waals surface area contributed by atoms with E-state index < -0.39 is 0 Å². The smallest absolute Gasteiger partial charge is 0.254 e. The number of hydrogen-bond donors (Lipinski definition) is 1. The number of amides is 2. The first kappa shape index (κ1) is 24.1. The molecule has 0 aliphatic carbocycles. The third-order valence-corrected chi connectivity index (χ3v) is 7.42. The van der Waals surface area contributed by atoms with E-state index in [4.69, 9.17) is 4.74 Å². The molecule has 3 aromatic carbocycles. The Kier molecular flexibility index (Phi) is 7.09. The molecule has 36 heavy (non-hydrogen) atoms. The number of carbonyl (C=O) groups is 2. The molecule has 3 aromatic rings. The number of likely N-dealkylation sites (N-methyl/N-ethyl adjacent to an activating group) is 1. The minimum Gasteiger partial charge on any atom is -0.496 e. The lowest BCUT2D eigenvalue weighted by Gasteiger charge is -2.34. The fraction of sp³-hybridized carbons (Fsp3) is 0.379. The average molecular weight is 487 g/mol. The van der Waals surface area contributed by atoms with Crippen molar-refractivity contribution in [1.82, 2.24) is 9.80 Å². The number of nitrogens with one attached hydrogen (secondary N) is 1. The van der Waals surface area contributed by atoms with E-state index in [1.807, 2.05) is 53.4 Å². The van der Waals surface area contributed by atoms with E-state index >= 15 is 0 Å². The van der Waals surface area contributed by atoms with Gasteiger partial charge in [0.25, 0.3) is 5.91 Å². The zero-order valence-electron chi connectivity index (χ0n) is 21.1. The van der Waals surface area contributed by atoms with Gasteiger partial charge in [-0.2, -0.15) is 0 Å². The Morgan fingerprint density at radius 3 is 2.33 bits per heavy atom. The summed E-state index contributed by atoms with van der Waals surface area (Å²) >= 11 is 0. The van der Waals surface area contributed by atoms with E-state index in [-0.39, 0.29) is 17.7 Å². The van der Waals surface area contributed by atoms with Crippen LogP contribution in [-0.4, -0.2) is 75.0 Å². The summed E-state index contributed by atoms with van der Waals surface area (Å²) in [6.07, 6.45) is 1.58. The topological polar surface area (TPSA) is 65.1 Å². The summed E-state index contributed by atoms with van der Waals surface area (Å²) < 4.78 is 5.48. The van der Waals surface area contributed by atoms with E-state index in [0.29, 0.717) is 18.7 Å². The summed E-state index contributed by atoms with van der Waals surface area (Å²) in [7, 11) is 3.78. The molecule has 1 unspecified atom stereocenters. The molecule has 0 saturated carbocycles. The van der Waals surface area contributed by atoms with Gasteiger partial charge in [-0.05, 0) is 61.7 Å². The van der Waals surface area contributed by atoms with Gasteiger partial charge in [0.05, 0.1) is 13.0 Å². The van der Waals surface area contributed by atoms with Crippen molar-refractivity contribution in [2.24, 2.45) is 5.92 Å². The summed E-state index contributed by atoms with van der Waals surface area (Å²) in [5, 5.41) is 4.86. The lowest BCUT2D eigenvalue weighted by Crippen LogP contribution is -2.44. The van der Waals surface area contributed by atoms with Crippen molar-refractivity contribution in [3.05, 3.63) is 66.2 Å². The van der Waals surface area contributed by atoms with Crippen LogP contribution in [0.3, 0.4) is 0 Å². The number of hydrogen-bond acceptors (Lipinski definition) is 5. The first-order chi connectivity index (χ1) is 17.5. The van der Waals surface area contributed by atoms with Gasteiger partial charge in [-0.1, -0.05) is 24.3 Å². The Labute approximate surface area is 212 Å². The number of likely N-dealkylation sites (tertiary alicyclic amines) is 1. The lowest BCUT2D eigenvalue weighted by atomic mass is 9.95. The van der Waals surface area contributed by atoms with Gasteiger partial charge in [0.15, 0.2) is 0 Å². The molecule has 7 nitrogen and oxygen atoms in total. The number of benzene rings is 3. The van der Waals surface area contributed by atoms with Crippen LogP contribution in [0.15, 0.2) is 60.7 Å². The second-order valence-electron chi connectivity index (χ2n) is 9.78. The van der Waals surface area contributed by atoms with Gasteiger partial charge in [-0.25, -0.2) is 0 Å². The van der Waals surface area contributed by atoms with Crippen LogP contribution in [-0.2, 0) is 4.79 Å². The van der Waals surface area contributed by atoms with Crippen LogP contribution in [0.1, 0.15) is 23.2 Å². The Bertz CT molecular complexity index is 1240. The molecule has 1 atom stereocenters. The van der Waals surface area contributed by atoms with Crippen LogP contribution in [0.4, 0.5) is 11.4 Å². The quantitative estimate of drug-likeness (QED) is 0.589. The van der Waals surface area contributed by atoms with Crippen molar-refractivity contribution in [2.45, 2.75) is 12.8 Å². The number of anilines is 2. The number of carbonyl (C=O) groups excluding carboxylic acids is 2. The van der Waals surface area contributed by atoms with Gasteiger partial charge in [0.1, 0.15) is 5.75 Å². The maximum atomic E-state index is 13.5. The van der Waals surface area contributed by atoms with Crippen molar-refractivity contribution >= 4 is 34.0 Å². The number of piperidine rings is 1. The van der Waals surface area contributed by atoms with Gasteiger partial charge in [0.2, 0.25) is 5.91 Å². The van der Waals surface area contributed by atoms with E-state index in [0.717, 1.165) is 61.2 Å². The fourth-order valence-corrected chi connectivity index (χ4v) is 5.25. The molecule has 2 aliphatic heterocycles. The zero-order chi connectivity index (χ0) is 25.1. The van der Waals surface area contributed by atoms with Crippen LogP contribution in [0, 0.1) is 5.92 Å². The predicted octanol–water partition coefficient (Wildman–Crippen LogP) is 4.09. The number of piperazine rings is 1. The number of rotatable bonds is 5. The third kappa shape index (κ3) is 5.02. The number of fused-ring (bicyclic) bond motifs is 1. The fourth-order valence-electron chi connectivity index (χ4n) is 5.25.